The van der Waals surface area contributed by atoms with Gasteiger partial charge < -0.3 is 9.47 Å². The van der Waals surface area contributed by atoms with Crippen molar-refractivity contribution in [2.24, 2.45) is 0 Å². The largest absolute Gasteiger partial charge is 0.379 e. The van der Waals surface area contributed by atoms with E-state index in [1.807, 2.05) is 0 Å². The molecule has 0 aromatic rings. The Morgan fingerprint density at radius 2 is 1.39 bits per heavy atom. The van der Waals surface area contributed by atoms with Crippen LogP contribution in [0.15, 0.2) is 0 Å². The molecule has 0 aliphatic rings. The van der Waals surface area contributed by atoms with Crippen LogP contribution in [-0.2, 0) is 19.6 Å². The zero-order valence-corrected chi connectivity index (χ0v) is 12.1. The molecule has 0 fully saturated rings. The molecule has 1 N–H and O–H groups in total. The maximum Gasteiger partial charge on any atom is 0.264 e. The lowest BCUT2D eigenvalue weighted by atomic mass is 10.2. The summed E-state index contributed by atoms with van der Waals surface area (Å²) >= 11 is 0. The first-order valence-electron chi connectivity index (χ1n) is 6.67. The minimum absolute atomic E-state index is 0.190. The predicted molar refractivity (Wildman–Crippen MR) is 71.4 cm³/mol. The minimum Gasteiger partial charge on any atom is -0.379 e. The summed E-state index contributed by atoms with van der Waals surface area (Å²) in [6, 6.07) is 0. The molecule has 0 spiro atoms. The van der Waals surface area contributed by atoms with Crippen molar-refractivity contribution in [3.05, 3.63) is 0 Å². The highest BCUT2D eigenvalue weighted by Crippen LogP contribution is 1.99. The Labute approximate surface area is 111 Å². The first-order chi connectivity index (χ1) is 8.56. The third-order valence-electron chi connectivity index (χ3n) is 2.46. The van der Waals surface area contributed by atoms with Gasteiger partial charge in [0.2, 0.25) is 0 Å². The van der Waals surface area contributed by atoms with E-state index >= 15 is 0 Å². The van der Waals surface area contributed by atoms with E-state index in [4.69, 9.17) is 14.0 Å². The molecule has 0 aliphatic carbocycles. The highest BCUT2D eigenvalue weighted by molar-refractivity contribution is 7.85. The standard InChI is InChI=1S/C12H26O5S/c1-2-3-4-5-8-16-10-11-17-9-6-7-12-18(13,14)15/h2-12H2,1H3,(H,13,14,15). The highest BCUT2D eigenvalue weighted by Gasteiger charge is 2.02. The van der Waals surface area contributed by atoms with Crippen LogP contribution >= 0.6 is 0 Å². The molecule has 0 atom stereocenters. The second kappa shape index (κ2) is 11.9. The van der Waals surface area contributed by atoms with Crippen molar-refractivity contribution in [1.82, 2.24) is 0 Å². The van der Waals surface area contributed by atoms with Crippen LogP contribution in [0.2, 0.25) is 0 Å². The highest BCUT2D eigenvalue weighted by atomic mass is 32.2. The fourth-order valence-electron chi connectivity index (χ4n) is 1.44. The van der Waals surface area contributed by atoms with E-state index in [0.717, 1.165) is 13.0 Å². The van der Waals surface area contributed by atoms with Gasteiger partial charge in [-0.1, -0.05) is 26.2 Å². The van der Waals surface area contributed by atoms with Crippen molar-refractivity contribution in [2.75, 3.05) is 32.2 Å². The Morgan fingerprint density at radius 1 is 0.833 bits per heavy atom. The molecule has 0 aromatic heterocycles. The van der Waals surface area contributed by atoms with Crippen molar-refractivity contribution < 1.29 is 22.4 Å². The Kier molecular flexibility index (Phi) is 11.8. The lowest BCUT2D eigenvalue weighted by Crippen LogP contribution is -2.08. The van der Waals surface area contributed by atoms with E-state index in [1.54, 1.807) is 0 Å². The molecule has 0 saturated carbocycles. The van der Waals surface area contributed by atoms with Gasteiger partial charge in [-0.2, -0.15) is 8.42 Å². The summed E-state index contributed by atoms with van der Waals surface area (Å²) in [6.07, 6.45) is 5.86. The lowest BCUT2D eigenvalue weighted by Gasteiger charge is -2.05. The Balaban J connectivity index is 3.03. The molecule has 110 valence electrons. The fourth-order valence-corrected chi connectivity index (χ4v) is 2.01. The summed E-state index contributed by atoms with van der Waals surface area (Å²) < 4.78 is 40.0. The summed E-state index contributed by atoms with van der Waals surface area (Å²) in [7, 11) is -3.82. The Bertz CT molecular complexity index is 264. The van der Waals surface area contributed by atoms with Crippen LogP contribution in [-0.4, -0.2) is 45.2 Å². The first-order valence-corrected chi connectivity index (χ1v) is 8.28. The van der Waals surface area contributed by atoms with Gasteiger partial charge in [0.05, 0.1) is 19.0 Å². The molecule has 0 aromatic carbocycles. The van der Waals surface area contributed by atoms with Gasteiger partial charge in [-0.05, 0) is 19.3 Å². The first kappa shape index (κ1) is 17.8. The van der Waals surface area contributed by atoms with E-state index < -0.39 is 10.1 Å². The van der Waals surface area contributed by atoms with Gasteiger partial charge in [0.1, 0.15) is 0 Å². The topological polar surface area (TPSA) is 72.8 Å². The number of hydrogen-bond acceptors (Lipinski definition) is 4. The van der Waals surface area contributed by atoms with Crippen molar-refractivity contribution in [2.45, 2.75) is 45.4 Å². The Hall–Kier alpha value is -0.170. The van der Waals surface area contributed by atoms with E-state index in [0.29, 0.717) is 32.7 Å². The molecule has 0 amide bonds. The molecule has 0 aliphatic heterocycles. The van der Waals surface area contributed by atoms with Crippen molar-refractivity contribution >= 4 is 10.1 Å². The average Bonchev–Trinajstić information content (AvgIpc) is 2.29. The van der Waals surface area contributed by atoms with Crippen LogP contribution in [0.5, 0.6) is 0 Å². The predicted octanol–water partition coefficient (Wildman–Crippen LogP) is 2.27. The van der Waals surface area contributed by atoms with Crippen molar-refractivity contribution in [3.63, 3.8) is 0 Å². The number of ether oxygens (including phenoxy) is 2. The van der Waals surface area contributed by atoms with Gasteiger partial charge in [-0.15, -0.1) is 0 Å². The van der Waals surface area contributed by atoms with E-state index in [1.165, 1.54) is 19.3 Å². The maximum atomic E-state index is 10.4. The molecule has 0 rings (SSSR count). The van der Waals surface area contributed by atoms with Crippen molar-refractivity contribution in [3.8, 4) is 0 Å². The van der Waals surface area contributed by atoms with Crippen LogP contribution in [0.3, 0.4) is 0 Å². The zero-order valence-electron chi connectivity index (χ0n) is 11.3. The van der Waals surface area contributed by atoms with Crippen LogP contribution < -0.4 is 0 Å². The second-order valence-corrected chi connectivity index (χ2v) is 5.85. The van der Waals surface area contributed by atoms with Crippen LogP contribution in [0.4, 0.5) is 0 Å². The third kappa shape index (κ3) is 15.8. The summed E-state index contributed by atoms with van der Waals surface area (Å²) in [5, 5.41) is 0. The molecule has 0 bridgehead atoms. The molecule has 0 radical (unpaired) electrons. The smallest absolute Gasteiger partial charge is 0.264 e. The monoisotopic (exact) mass is 282 g/mol. The fraction of sp³-hybridized carbons (Fsp3) is 1.00. The maximum absolute atomic E-state index is 10.4. The molecule has 6 heteroatoms. The van der Waals surface area contributed by atoms with Crippen LogP contribution in [0.1, 0.15) is 45.4 Å². The number of unbranched alkanes of at least 4 members (excludes halogenated alkanes) is 4. The molecule has 5 nitrogen and oxygen atoms in total. The zero-order chi connectivity index (χ0) is 13.7. The van der Waals surface area contributed by atoms with Crippen molar-refractivity contribution in [1.29, 1.82) is 0 Å². The molecule has 0 unspecified atom stereocenters. The normalized spacial score (nSPS) is 11.9. The summed E-state index contributed by atoms with van der Waals surface area (Å²) in [5.74, 6) is -0.190. The third-order valence-corrected chi connectivity index (χ3v) is 3.26. The quantitative estimate of drug-likeness (QED) is 0.414. The SMILES string of the molecule is CCCCCCOCCOCCCCS(=O)(=O)O. The second-order valence-electron chi connectivity index (χ2n) is 4.28. The van der Waals surface area contributed by atoms with Gasteiger partial charge in [0.15, 0.2) is 0 Å². The lowest BCUT2D eigenvalue weighted by molar-refractivity contribution is 0.0453. The van der Waals surface area contributed by atoms with Crippen LogP contribution in [0, 0.1) is 0 Å². The van der Waals surface area contributed by atoms with Gasteiger partial charge in [0.25, 0.3) is 10.1 Å². The van der Waals surface area contributed by atoms with Gasteiger partial charge in [-0.25, -0.2) is 0 Å². The van der Waals surface area contributed by atoms with E-state index in [-0.39, 0.29) is 5.75 Å². The minimum atomic E-state index is -3.82. The average molecular weight is 282 g/mol. The molecule has 18 heavy (non-hydrogen) atoms. The van der Waals surface area contributed by atoms with E-state index in [2.05, 4.69) is 6.92 Å². The summed E-state index contributed by atoms with van der Waals surface area (Å²) in [5.41, 5.74) is 0. The molecule has 0 saturated heterocycles. The van der Waals surface area contributed by atoms with Gasteiger partial charge >= 0.3 is 0 Å². The van der Waals surface area contributed by atoms with Gasteiger partial charge in [0, 0.05) is 13.2 Å². The van der Waals surface area contributed by atoms with Gasteiger partial charge in [-0.3, -0.25) is 4.55 Å². The Morgan fingerprint density at radius 3 is 1.89 bits per heavy atom. The summed E-state index contributed by atoms with van der Waals surface area (Å²) in [6.45, 7) is 4.60. The van der Waals surface area contributed by atoms with Crippen LogP contribution in [0.25, 0.3) is 0 Å². The molecule has 0 heterocycles. The summed E-state index contributed by atoms with van der Waals surface area (Å²) in [4.78, 5) is 0. The molecular weight excluding hydrogens is 256 g/mol. The number of rotatable bonds is 13. The van der Waals surface area contributed by atoms with E-state index in [9.17, 15) is 8.42 Å². The number of hydrogen-bond donors (Lipinski definition) is 1. The molecular formula is C12H26O5S.